The molecule has 1 atom stereocenters. The van der Waals surface area contributed by atoms with Gasteiger partial charge in [-0.3, -0.25) is 0 Å². The van der Waals surface area contributed by atoms with Crippen LogP contribution >= 0.6 is 22.6 Å². The Balaban J connectivity index is 2.10. The molecular weight excluding hydrogens is 315 g/mol. The second-order valence-electron chi connectivity index (χ2n) is 4.93. The molecule has 0 saturated heterocycles. The molecule has 1 unspecified atom stereocenters. The topological polar surface area (TPSA) is 26.3 Å². The van der Waals surface area contributed by atoms with Crippen LogP contribution in [0.4, 0.5) is 0 Å². The fourth-order valence-corrected chi connectivity index (χ4v) is 3.34. The summed E-state index contributed by atoms with van der Waals surface area (Å²) in [6, 6.07) is 0. The number of carbonyl (C=O) groups excluding carboxylic acids is 1. The van der Waals surface area contributed by atoms with Gasteiger partial charge in [-0.15, -0.1) is 0 Å². The van der Waals surface area contributed by atoms with Crippen molar-refractivity contribution in [1.29, 1.82) is 0 Å². The van der Waals surface area contributed by atoms with E-state index in [1.807, 2.05) is 0 Å². The molecule has 1 aliphatic heterocycles. The van der Waals surface area contributed by atoms with Crippen LogP contribution in [0.2, 0.25) is 0 Å². The number of alkyl halides is 1. The average Bonchev–Trinajstić information content (AvgIpc) is 2.53. The minimum absolute atomic E-state index is 0.0355. The number of rotatable bonds is 4. The summed E-state index contributed by atoms with van der Waals surface area (Å²) in [5.41, 5.74) is 2.05. The normalized spacial score (nSPS) is 29.2. The van der Waals surface area contributed by atoms with Gasteiger partial charge in [0, 0.05) is 5.57 Å². The quantitative estimate of drug-likeness (QED) is 0.339. The zero-order valence-corrected chi connectivity index (χ0v) is 12.0. The highest BCUT2D eigenvalue weighted by Gasteiger charge is 2.43. The molecule has 0 amide bonds. The van der Waals surface area contributed by atoms with Crippen molar-refractivity contribution in [2.45, 2.75) is 57.5 Å². The van der Waals surface area contributed by atoms with Crippen LogP contribution in [0, 0.1) is 0 Å². The number of hydrogen-bond donors (Lipinski definition) is 0. The second-order valence-corrected chi connectivity index (χ2v) is 6.01. The lowest BCUT2D eigenvalue weighted by Crippen LogP contribution is -2.28. The lowest BCUT2D eigenvalue weighted by atomic mass is 9.81. The first kappa shape index (κ1) is 12.4. The highest BCUT2D eigenvalue weighted by atomic mass is 127. The molecule has 0 radical (unpaired) electrons. The van der Waals surface area contributed by atoms with Gasteiger partial charge in [0.15, 0.2) is 0 Å². The second kappa shape index (κ2) is 5.07. The van der Waals surface area contributed by atoms with Gasteiger partial charge in [-0.05, 0) is 61.9 Å². The monoisotopic (exact) mass is 334 g/mol. The molecule has 1 aliphatic carbocycles. The Morgan fingerprint density at radius 3 is 2.81 bits per heavy atom. The summed E-state index contributed by atoms with van der Waals surface area (Å²) in [7, 11) is 0. The summed E-state index contributed by atoms with van der Waals surface area (Å²) in [6.45, 7) is 2.10. The van der Waals surface area contributed by atoms with Gasteiger partial charge in [0.1, 0.15) is 5.60 Å². The molecule has 0 aromatic heterocycles. The number of unbranched alkanes of at least 4 members (excludes halogenated alkanes) is 1. The van der Waals surface area contributed by atoms with Gasteiger partial charge >= 0.3 is 5.97 Å². The number of halogens is 1. The van der Waals surface area contributed by atoms with E-state index in [1.165, 1.54) is 22.8 Å². The van der Waals surface area contributed by atoms with Crippen LogP contribution in [0.5, 0.6) is 0 Å². The Morgan fingerprint density at radius 2 is 2.06 bits per heavy atom. The molecule has 2 rings (SSSR count). The lowest BCUT2D eigenvalue weighted by Gasteiger charge is -2.27. The average molecular weight is 334 g/mol. The fourth-order valence-electron chi connectivity index (χ4n) is 2.80. The molecule has 2 nitrogen and oxygen atoms in total. The maximum atomic E-state index is 11.8. The minimum Gasteiger partial charge on any atom is -0.451 e. The molecule has 0 aromatic rings. The van der Waals surface area contributed by atoms with Crippen LogP contribution in [0.1, 0.15) is 51.9 Å². The molecule has 2 aliphatic rings. The van der Waals surface area contributed by atoms with Gasteiger partial charge in [-0.2, -0.15) is 0 Å². The van der Waals surface area contributed by atoms with Crippen LogP contribution in [0.15, 0.2) is 11.1 Å². The first-order valence-electron chi connectivity index (χ1n) is 6.19. The van der Waals surface area contributed by atoms with Crippen LogP contribution in [0.3, 0.4) is 0 Å². The summed E-state index contributed by atoms with van der Waals surface area (Å²) in [6.07, 6.45) is 7.76. The summed E-state index contributed by atoms with van der Waals surface area (Å²) < 4.78 is 6.82. The summed E-state index contributed by atoms with van der Waals surface area (Å²) in [4.78, 5) is 11.8. The van der Waals surface area contributed by atoms with Gasteiger partial charge in [0.05, 0.1) is 0 Å². The van der Waals surface area contributed by atoms with Crippen molar-refractivity contribution in [3.8, 4) is 0 Å². The Labute approximate surface area is 111 Å². The molecule has 1 heterocycles. The predicted octanol–water partition coefficient (Wildman–Crippen LogP) is 3.78. The Hall–Kier alpha value is -0.0600. The van der Waals surface area contributed by atoms with Gasteiger partial charge in [0.25, 0.3) is 0 Å². The summed E-state index contributed by atoms with van der Waals surface area (Å²) >= 11 is 2.40. The van der Waals surface area contributed by atoms with E-state index in [4.69, 9.17) is 4.74 Å². The molecule has 90 valence electrons. The van der Waals surface area contributed by atoms with Crippen molar-refractivity contribution in [2.24, 2.45) is 0 Å². The largest absolute Gasteiger partial charge is 0.451 e. The number of ether oxygens (including phenoxy) is 1. The van der Waals surface area contributed by atoms with Gasteiger partial charge in [-0.25, -0.2) is 4.79 Å². The van der Waals surface area contributed by atoms with Crippen molar-refractivity contribution in [3.63, 3.8) is 0 Å². The standard InChI is InChI=1S/C13H19IO2/c1-13(8-4-5-9-14)11-7-3-2-6-10(11)12(15)16-13/h2-9H2,1H3. The molecule has 0 aromatic carbocycles. The van der Waals surface area contributed by atoms with E-state index in [9.17, 15) is 4.79 Å². The Bertz CT molecular complexity index is 322. The Morgan fingerprint density at radius 1 is 1.31 bits per heavy atom. The molecule has 0 fully saturated rings. The van der Waals surface area contributed by atoms with Crippen molar-refractivity contribution < 1.29 is 9.53 Å². The van der Waals surface area contributed by atoms with E-state index in [2.05, 4.69) is 29.5 Å². The maximum absolute atomic E-state index is 11.8. The van der Waals surface area contributed by atoms with Gasteiger partial charge < -0.3 is 4.74 Å². The zero-order chi connectivity index (χ0) is 11.6. The van der Waals surface area contributed by atoms with Crippen molar-refractivity contribution >= 4 is 28.6 Å². The van der Waals surface area contributed by atoms with Crippen molar-refractivity contribution in [3.05, 3.63) is 11.1 Å². The maximum Gasteiger partial charge on any atom is 0.334 e. The van der Waals surface area contributed by atoms with Crippen LogP contribution in [0.25, 0.3) is 0 Å². The lowest BCUT2D eigenvalue weighted by molar-refractivity contribution is -0.146. The highest BCUT2D eigenvalue weighted by Crippen LogP contribution is 2.43. The van der Waals surface area contributed by atoms with E-state index in [-0.39, 0.29) is 11.6 Å². The number of carbonyl (C=O) groups is 1. The minimum atomic E-state index is -0.265. The number of esters is 1. The summed E-state index contributed by atoms with van der Waals surface area (Å²) in [5.74, 6) is -0.0355. The SMILES string of the molecule is CC1(CCCCI)OC(=O)C2=C1CCCC2. The van der Waals surface area contributed by atoms with E-state index in [1.54, 1.807) is 0 Å². The van der Waals surface area contributed by atoms with Crippen molar-refractivity contribution in [2.75, 3.05) is 4.43 Å². The molecule has 0 N–H and O–H groups in total. The third-order valence-electron chi connectivity index (χ3n) is 3.71. The predicted molar refractivity (Wildman–Crippen MR) is 72.7 cm³/mol. The van der Waals surface area contributed by atoms with Gasteiger partial charge in [-0.1, -0.05) is 22.6 Å². The zero-order valence-electron chi connectivity index (χ0n) is 9.85. The van der Waals surface area contributed by atoms with E-state index < -0.39 is 0 Å². The van der Waals surface area contributed by atoms with Crippen molar-refractivity contribution in [1.82, 2.24) is 0 Å². The molecule has 0 bridgehead atoms. The number of cyclic esters (lactones) is 1. The van der Waals surface area contributed by atoms with Crippen LogP contribution in [-0.4, -0.2) is 16.0 Å². The number of hydrogen-bond acceptors (Lipinski definition) is 2. The van der Waals surface area contributed by atoms with Crippen LogP contribution in [-0.2, 0) is 9.53 Å². The third kappa shape index (κ3) is 2.29. The first-order valence-corrected chi connectivity index (χ1v) is 7.72. The molecule has 16 heavy (non-hydrogen) atoms. The van der Waals surface area contributed by atoms with E-state index in [0.717, 1.165) is 37.7 Å². The molecular formula is C13H19IO2. The smallest absolute Gasteiger partial charge is 0.334 e. The van der Waals surface area contributed by atoms with Gasteiger partial charge in [0.2, 0.25) is 0 Å². The third-order valence-corrected chi connectivity index (χ3v) is 4.47. The first-order chi connectivity index (χ1) is 7.67. The van der Waals surface area contributed by atoms with E-state index in [0.29, 0.717) is 0 Å². The van der Waals surface area contributed by atoms with Crippen LogP contribution < -0.4 is 0 Å². The Kier molecular flexibility index (Phi) is 3.93. The fraction of sp³-hybridized carbons (Fsp3) is 0.769. The van der Waals surface area contributed by atoms with E-state index >= 15 is 0 Å². The molecule has 0 saturated carbocycles. The molecule has 0 spiro atoms. The highest BCUT2D eigenvalue weighted by molar-refractivity contribution is 14.1. The summed E-state index contributed by atoms with van der Waals surface area (Å²) in [5, 5.41) is 0. The molecule has 3 heteroatoms.